The molecule has 4 aromatic rings. The van der Waals surface area contributed by atoms with E-state index in [4.69, 9.17) is 9.15 Å². The highest BCUT2D eigenvalue weighted by Crippen LogP contribution is 2.36. The van der Waals surface area contributed by atoms with Crippen LogP contribution < -0.4 is 5.32 Å². The van der Waals surface area contributed by atoms with Gasteiger partial charge < -0.3 is 14.5 Å². The number of furan rings is 1. The molecule has 0 fully saturated rings. The standard InChI is InChI=1S/C26H23NO4S/c1-2-30-26(29)24-21(18-9-5-3-6-10-18)17-32-25(24)27-23(28)16-14-20-13-15-22(31-20)19-11-7-4-8-12-19/h3-13,15,17H,2,14,16H2,1H3,(H,27,28). The molecule has 0 atom stereocenters. The first kappa shape index (κ1) is 21.6. The molecule has 2 aromatic carbocycles. The average molecular weight is 446 g/mol. The van der Waals surface area contributed by atoms with Gasteiger partial charge in [0.25, 0.3) is 0 Å². The Balaban J connectivity index is 1.46. The molecule has 0 unspecified atom stereocenters. The van der Waals surface area contributed by atoms with Gasteiger partial charge in [-0.15, -0.1) is 11.3 Å². The highest BCUT2D eigenvalue weighted by molar-refractivity contribution is 7.15. The predicted octanol–water partition coefficient (Wildman–Crippen LogP) is 6.42. The molecule has 0 aliphatic heterocycles. The molecule has 0 spiro atoms. The number of rotatable bonds is 8. The average Bonchev–Trinajstić information content (AvgIpc) is 3.46. The maximum absolute atomic E-state index is 12.6. The van der Waals surface area contributed by atoms with E-state index in [0.29, 0.717) is 17.0 Å². The third kappa shape index (κ3) is 4.98. The molecule has 2 aromatic heterocycles. The van der Waals surface area contributed by atoms with Gasteiger partial charge in [0.2, 0.25) is 5.91 Å². The first-order valence-electron chi connectivity index (χ1n) is 10.4. The molecule has 162 valence electrons. The second-order valence-electron chi connectivity index (χ2n) is 7.12. The Morgan fingerprint density at radius 3 is 2.31 bits per heavy atom. The van der Waals surface area contributed by atoms with Gasteiger partial charge in [-0.1, -0.05) is 60.7 Å². The van der Waals surface area contributed by atoms with Gasteiger partial charge in [-0.05, 0) is 24.6 Å². The maximum Gasteiger partial charge on any atom is 0.341 e. The molecule has 0 saturated carbocycles. The van der Waals surface area contributed by atoms with Crippen molar-refractivity contribution in [3.63, 3.8) is 0 Å². The van der Waals surface area contributed by atoms with Crippen molar-refractivity contribution in [1.82, 2.24) is 0 Å². The molecular weight excluding hydrogens is 422 g/mol. The minimum atomic E-state index is -0.443. The van der Waals surface area contributed by atoms with Crippen molar-refractivity contribution < 1.29 is 18.7 Å². The van der Waals surface area contributed by atoms with Crippen LogP contribution in [0.4, 0.5) is 5.00 Å². The largest absolute Gasteiger partial charge is 0.462 e. The van der Waals surface area contributed by atoms with Crippen LogP contribution in [-0.2, 0) is 16.0 Å². The fourth-order valence-corrected chi connectivity index (χ4v) is 4.36. The monoisotopic (exact) mass is 445 g/mol. The van der Waals surface area contributed by atoms with E-state index in [2.05, 4.69) is 5.32 Å². The van der Waals surface area contributed by atoms with Gasteiger partial charge in [0.05, 0.1) is 6.61 Å². The van der Waals surface area contributed by atoms with Crippen LogP contribution in [0.2, 0.25) is 0 Å². The Kier molecular flexibility index (Phi) is 6.82. The molecule has 0 aliphatic rings. The topological polar surface area (TPSA) is 68.5 Å². The number of anilines is 1. The first-order valence-corrected chi connectivity index (χ1v) is 11.3. The van der Waals surface area contributed by atoms with Crippen LogP contribution in [0.1, 0.15) is 29.5 Å². The van der Waals surface area contributed by atoms with E-state index >= 15 is 0 Å². The van der Waals surface area contributed by atoms with E-state index in [9.17, 15) is 9.59 Å². The number of hydrogen-bond acceptors (Lipinski definition) is 5. The van der Waals surface area contributed by atoms with Crippen molar-refractivity contribution >= 4 is 28.2 Å². The van der Waals surface area contributed by atoms with Gasteiger partial charge in [-0.2, -0.15) is 0 Å². The number of thiophene rings is 1. The number of benzene rings is 2. The van der Waals surface area contributed by atoms with Crippen molar-refractivity contribution in [2.24, 2.45) is 0 Å². The van der Waals surface area contributed by atoms with Crippen molar-refractivity contribution in [3.05, 3.63) is 89.5 Å². The zero-order valence-corrected chi connectivity index (χ0v) is 18.5. The Morgan fingerprint density at radius 2 is 1.62 bits per heavy atom. The fourth-order valence-electron chi connectivity index (χ4n) is 3.38. The third-order valence-electron chi connectivity index (χ3n) is 4.93. The lowest BCUT2D eigenvalue weighted by Gasteiger charge is -2.08. The van der Waals surface area contributed by atoms with Crippen molar-refractivity contribution in [3.8, 4) is 22.5 Å². The van der Waals surface area contributed by atoms with Crippen molar-refractivity contribution in [1.29, 1.82) is 0 Å². The smallest absolute Gasteiger partial charge is 0.341 e. The van der Waals surface area contributed by atoms with E-state index in [1.807, 2.05) is 78.2 Å². The number of carbonyl (C=O) groups excluding carboxylic acids is 2. The van der Waals surface area contributed by atoms with E-state index in [1.165, 1.54) is 11.3 Å². The number of hydrogen-bond donors (Lipinski definition) is 1. The summed E-state index contributed by atoms with van der Waals surface area (Å²) in [5.74, 6) is 0.883. The molecule has 0 aliphatic carbocycles. The summed E-state index contributed by atoms with van der Waals surface area (Å²) in [6, 6.07) is 23.2. The summed E-state index contributed by atoms with van der Waals surface area (Å²) >= 11 is 1.32. The van der Waals surface area contributed by atoms with Gasteiger partial charge in [0, 0.05) is 29.3 Å². The quantitative estimate of drug-likeness (QED) is 0.318. The van der Waals surface area contributed by atoms with Crippen molar-refractivity contribution in [2.45, 2.75) is 19.8 Å². The normalized spacial score (nSPS) is 10.7. The van der Waals surface area contributed by atoms with Gasteiger partial charge in [-0.25, -0.2) is 4.79 Å². The second kappa shape index (κ2) is 10.1. The summed E-state index contributed by atoms with van der Waals surface area (Å²) in [6.45, 7) is 2.02. The maximum atomic E-state index is 12.6. The lowest BCUT2D eigenvalue weighted by molar-refractivity contribution is -0.116. The molecule has 1 amide bonds. The lowest BCUT2D eigenvalue weighted by atomic mass is 10.0. The summed E-state index contributed by atoms with van der Waals surface area (Å²) in [5.41, 5.74) is 3.04. The Morgan fingerprint density at radius 1 is 0.938 bits per heavy atom. The fraction of sp³-hybridized carbons (Fsp3) is 0.154. The number of carbonyl (C=O) groups is 2. The summed E-state index contributed by atoms with van der Waals surface area (Å²) in [7, 11) is 0. The van der Waals surface area contributed by atoms with E-state index in [-0.39, 0.29) is 18.9 Å². The molecule has 32 heavy (non-hydrogen) atoms. The molecule has 4 rings (SSSR count). The number of amides is 1. The molecule has 0 bridgehead atoms. The van der Waals surface area contributed by atoms with Gasteiger partial charge in [-0.3, -0.25) is 4.79 Å². The number of esters is 1. The second-order valence-corrected chi connectivity index (χ2v) is 8.00. The van der Waals surface area contributed by atoms with E-state index < -0.39 is 5.97 Å². The number of aryl methyl sites for hydroxylation is 1. The van der Waals surface area contributed by atoms with Crippen LogP contribution in [0.5, 0.6) is 0 Å². The Hall–Kier alpha value is -3.64. The number of nitrogens with one attached hydrogen (secondary N) is 1. The molecular formula is C26H23NO4S. The van der Waals surface area contributed by atoms with E-state index in [1.54, 1.807) is 6.92 Å². The summed E-state index contributed by atoms with van der Waals surface area (Å²) < 4.78 is 11.1. The predicted molar refractivity (Wildman–Crippen MR) is 127 cm³/mol. The van der Waals surface area contributed by atoms with Crippen LogP contribution in [-0.4, -0.2) is 18.5 Å². The van der Waals surface area contributed by atoms with Crippen LogP contribution >= 0.6 is 11.3 Å². The Labute approximate surface area is 190 Å². The van der Waals surface area contributed by atoms with Crippen LogP contribution in [0.15, 0.2) is 82.6 Å². The minimum Gasteiger partial charge on any atom is -0.462 e. The van der Waals surface area contributed by atoms with Gasteiger partial charge in [0.1, 0.15) is 22.1 Å². The van der Waals surface area contributed by atoms with Gasteiger partial charge in [0.15, 0.2) is 0 Å². The molecule has 1 N–H and O–H groups in total. The molecule has 5 nitrogen and oxygen atoms in total. The number of ether oxygens (including phenoxy) is 1. The van der Waals surface area contributed by atoms with E-state index in [0.717, 1.165) is 28.2 Å². The molecule has 2 heterocycles. The molecule has 0 saturated heterocycles. The highest BCUT2D eigenvalue weighted by Gasteiger charge is 2.22. The van der Waals surface area contributed by atoms with Crippen LogP contribution in [0.25, 0.3) is 22.5 Å². The first-order chi connectivity index (χ1) is 15.7. The summed E-state index contributed by atoms with van der Waals surface area (Å²) in [4.78, 5) is 25.3. The zero-order valence-electron chi connectivity index (χ0n) is 17.7. The zero-order chi connectivity index (χ0) is 22.3. The third-order valence-corrected chi connectivity index (χ3v) is 5.82. The highest BCUT2D eigenvalue weighted by atomic mass is 32.1. The lowest BCUT2D eigenvalue weighted by Crippen LogP contribution is -2.15. The molecule has 0 radical (unpaired) electrons. The van der Waals surface area contributed by atoms with Crippen LogP contribution in [0, 0.1) is 0 Å². The summed E-state index contributed by atoms with van der Waals surface area (Å²) in [5, 5.41) is 5.25. The van der Waals surface area contributed by atoms with Gasteiger partial charge >= 0.3 is 5.97 Å². The van der Waals surface area contributed by atoms with Crippen molar-refractivity contribution in [2.75, 3.05) is 11.9 Å². The minimum absolute atomic E-state index is 0.185. The van der Waals surface area contributed by atoms with Crippen LogP contribution in [0.3, 0.4) is 0 Å². The summed E-state index contributed by atoms with van der Waals surface area (Å²) in [6.07, 6.45) is 0.701. The SMILES string of the molecule is CCOC(=O)c1c(-c2ccccc2)csc1NC(=O)CCc1ccc(-c2ccccc2)o1. The molecule has 6 heteroatoms. The Bertz CT molecular complexity index is 1200.